The second-order valence-electron chi connectivity index (χ2n) is 7.89. The van der Waals surface area contributed by atoms with Gasteiger partial charge in [-0.15, -0.1) is 0 Å². The van der Waals surface area contributed by atoms with Crippen LogP contribution in [0.5, 0.6) is 0 Å². The van der Waals surface area contributed by atoms with Crippen molar-refractivity contribution >= 4 is 0 Å². The average molecular weight is 393 g/mol. The van der Waals surface area contributed by atoms with Crippen LogP contribution in [0.2, 0.25) is 0 Å². The summed E-state index contributed by atoms with van der Waals surface area (Å²) in [5.41, 5.74) is 2.63. The lowest BCUT2D eigenvalue weighted by molar-refractivity contribution is -0.137. The Bertz CT molecular complexity index is 725. The first-order valence-electron chi connectivity index (χ1n) is 9.76. The van der Waals surface area contributed by atoms with Crippen LogP contribution >= 0.6 is 0 Å². The summed E-state index contributed by atoms with van der Waals surface area (Å²) in [5, 5.41) is 13.3. The largest absolute Gasteiger partial charge is 0.416 e. The Hall–Kier alpha value is -1.85. The minimum absolute atomic E-state index is 0.0177. The summed E-state index contributed by atoms with van der Waals surface area (Å²) in [6, 6.07) is 13.7. The number of alkyl halides is 3. The van der Waals surface area contributed by atoms with Crippen LogP contribution in [0.4, 0.5) is 13.2 Å². The molecular formula is C23H30F3NO. The molecule has 28 heavy (non-hydrogen) atoms. The van der Waals surface area contributed by atoms with Gasteiger partial charge in [-0.1, -0.05) is 50.2 Å². The van der Waals surface area contributed by atoms with Gasteiger partial charge >= 0.3 is 6.18 Å². The molecule has 2 nitrogen and oxygen atoms in total. The molecule has 2 N–H and O–H groups in total. The van der Waals surface area contributed by atoms with Crippen LogP contribution in [0.1, 0.15) is 48.6 Å². The van der Waals surface area contributed by atoms with Gasteiger partial charge in [0.1, 0.15) is 0 Å². The zero-order valence-corrected chi connectivity index (χ0v) is 16.8. The Labute approximate surface area is 165 Å². The van der Waals surface area contributed by atoms with Crippen molar-refractivity contribution in [1.82, 2.24) is 5.32 Å². The zero-order valence-electron chi connectivity index (χ0n) is 16.8. The number of hydrogen-bond acceptors (Lipinski definition) is 2. The van der Waals surface area contributed by atoms with Gasteiger partial charge in [-0.25, -0.2) is 0 Å². The van der Waals surface area contributed by atoms with Gasteiger partial charge in [0.25, 0.3) is 0 Å². The van der Waals surface area contributed by atoms with Gasteiger partial charge < -0.3 is 10.4 Å². The molecule has 5 heteroatoms. The van der Waals surface area contributed by atoms with Crippen LogP contribution in [0.25, 0.3) is 0 Å². The number of halogens is 3. The van der Waals surface area contributed by atoms with Gasteiger partial charge in [-0.05, 0) is 60.4 Å². The maximum absolute atomic E-state index is 12.7. The molecule has 0 spiro atoms. The zero-order chi connectivity index (χ0) is 20.7. The van der Waals surface area contributed by atoms with Crippen molar-refractivity contribution in [3.63, 3.8) is 0 Å². The minimum Gasteiger partial charge on any atom is -0.396 e. The lowest BCUT2D eigenvalue weighted by atomic mass is 9.92. The average Bonchev–Trinajstić information content (AvgIpc) is 2.64. The molecule has 0 aromatic heterocycles. The van der Waals surface area contributed by atoms with E-state index in [2.05, 4.69) is 38.2 Å². The molecule has 0 saturated carbocycles. The van der Waals surface area contributed by atoms with Crippen LogP contribution in [0.3, 0.4) is 0 Å². The monoisotopic (exact) mass is 393 g/mol. The van der Waals surface area contributed by atoms with E-state index in [1.807, 2.05) is 12.1 Å². The smallest absolute Gasteiger partial charge is 0.396 e. The number of hydrogen-bond donors (Lipinski definition) is 2. The van der Waals surface area contributed by atoms with Gasteiger partial charge in [-0.3, -0.25) is 0 Å². The Kier molecular flexibility index (Phi) is 8.08. The molecule has 2 atom stereocenters. The first-order chi connectivity index (χ1) is 13.2. The summed E-state index contributed by atoms with van der Waals surface area (Å²) in [5.74, 6) is 0.454. The number of aryl methyl sites for hydroxylation is 1. The van der Waals surface area contributed by atoms with E-state index in [0.29, 0.717) is 18.9 Å². The van der Waals surface area contributed by atoms with E-state index in [9.17, 15) is 18.3 Å². The minimum atomic E-state index is -4.33. The fourth-order valence-electron chi connectivity index (χ4n) is 3.44. The topological polar surface area (TPSA) is 32.3 Å². The van der Waals surface area contributed by atoms with Crippen molar-refractivity contribution in [2.24, 2.45) is 11.8 Å². The Morgan fingerprint density at radius 2 is 1.64 bits per heavy atom. The van der Waals surface area contributed by atoms with Crippen molar-refractivity contribution in [2.45, 2.75) is 45.8 Å². The molecule has 2 unspecified atom stereocenters. The van der Waals surface area contributed by atoms with Gasteiger partial charge in [0.15, 0.2) is 0 Å². The third-order valence-corrected chi connectivity index (χ3v) is 4.99. The molecule has 2 aromatic carbocycles. The molecule has 0 amide bonds. The van der Waals surface area contributed by atoms with E-state index >= 15 is 0 Å². The van der Waals surface area contributed by atoms with Crippen LogP contribution in [-0.2, 0) is 12.6 Å². The summed E-state index contributed by atoms with van der Waals surface area (Å²) in [6.07, 6.45) is -2.82. The number of rotatable bonds is 9. The third kappa shape index (κ3) is 6.64. The summed E-state index contributed by atoms with van der Waals surface area (Å²) >= 11 is 0. The van der Waals surface area contributed by atoms with E-state index in [4.69, 9.17) is 0 Å². The predicted molar refractivity (Wildman–Crippen MR) is 107 cm³/mol. The van der Waals surface area contributed by atoms with Crippen molar-refractivity contribution in [3.8, 4) is 0 Å². The molecular weight excluding hydrogens is 363 g/mol. The molecule has 0 heterocycles. The highest BCUT2D eigenvalue weighted by molar-refractivity contribution is 5.29. The van der Waals surface area contributed by atoms with Crippen LogP contribution in [-0.4, -0.2) is 18.3 Å². The maximum Gasteiger partial charge on any atom is 0.416 e. The summed E-state index contributed by atoms with van der Waals surface area (Å²) < 4.78 is 38.1. The number of benzene rings is 2. The lowest BCUT2D eigenvalue weighted by Crippen LogP contribution is -2.31. The highest BCUT2D eigenvalue weighted by Gasteiger charge is 2.30. The first kappa shape index (κ1) is 22.4. The molecule has 154 valence electrons. The molecule has 0 fully saturated rings. The van der Waals surface area contributed by atoms with E-state index in [1.165, 1.54) is 23.3 Å². The third-order valence-electron chi connectivity index (χ3n) is 4.99. The quantitative estimate of drug-likeness (QED) is 0.586. The second-order valence-corrected chi connectivity index (χ2v) is 7.89. The summed E-state index contributed by atoms with van der Waals surface area (Å²) in [4.78, 5) is 0. The molecule has 2 rings (SSSR count). The number of aliphatic hydroxyl groups excluding tert-OH is 1. The highest BCUT2D eigenvalue weighted by Crippen LogP contribution is 2.29. The highest BCUT2D eigenvalue weighted by atomic mass is 19.4. The van der Waals surface area contributed by atoms with Crippen LogP contribution in [0.15, 0.2) is 48.5 Å². The molecule has 0 bridgehead atoms. The summed E-state index contributed by atoms with van der Waals surface area (Å²) in [6.45, 7) is 7.03. The lowest BCUT2D eigenvalue weighted by Gasteiger charge is -2.25. The standard InChI is InChI=1S/C23H30F3NO/c1-16(2)12-22(21-7-5-4-6-17(21)3)27-14-19(15-28)13-18-8-10-20(11-9-18)23(24,25)26/h4-11,16,19,22,27-28H,12-15H2,1-3H3. The van der Waals surface area contributed by atoms with E-state index in [0.717, 1.165) is 24.1 Å². The fraction of sp³-hybridized carbons (Fsp3) is 0.478. The number of aliphatic hydroxyl groups is 1. The first-order valence-corrected chi connectivity index (χ1v) is 9.76. The normalized spacial score (nSPS) is 14.3. The van der Waals surface area contributed by atoms with Crippen LogP contribution < -0.4 is 5.32 Å². The van der Waals surface area contributed by atoms with Crippen molar-refractivity contribution < 1.29 is 18.3 Å². The molecule has 0 aliphatic heterocycles. The Morgan fingerprint density at radius 3 is 2.18 bits per heavy atom. The van der Waals surface area contributed by atoms with E-state index < -0.39 is 11.7 Å². The second kappa shape index (κ2) is 10.1. The van der Waals surface area contributed by atoms with E-state index in [-0.39, 0.29) is 18.6 Å². The summed E-state index contributed by atoms with van der Waals surface area (Å²) in [7, 11) is 0. The van der Waals surface area contributed by atoms with Crippen LogP contribution in [0, 0.1) is 18.8 Å². The Balaban J connectivity index is 2.03. The van der Waals surface area contributed by atoms with Gasteiger partial charge in [-0.2, -0.15) is 13.2 Å². The molecule has 0 aliphatic rings. The predicted octanol–water partition coefficient (Wildman–Crippen LogP) is 5.54. The molecule has 0 aliphatic carbocycles. The van der Waals surface area contributed by atoms with Crippen molar-refractivity contribution in [2.75, 3.05) is 13.2 Å². The fourth-order valence-corrected chi connectivity index (χ4v) is 3.44. The van der Waals surface area contributed by atoms with Gasteiger partial charge in [0, 0.05) is 19.2 Å². The number of nitrogens with one attached hydrogen (secondary N) is 1. The molecule has 0 saturated heterocycles. The SMILES string of the molecule is Cc1ccccc1C(CC(C)C)NCC(CO)Cc1ccc(C(F)(F)F)cc1. The van der Waals surface area contributed by atoms with E-state index in [1.54, 1.807) is 0 Å². The van der Waals surface area contributed by atoms with Crippen molar-refractivity contribution in [1.29, 1.82) is 0 Å². The van der Waals surface area contributed by atoms with Gasteiger partial charge in [0.05, 0.1) is 5.56 Å². The Morgan fingerprint density at radius 1 is 1.00 bits per heavy atom. The maximum atomic E-state index is 12.7. The van der Waals surface area contributed by atoms with Gasteiger partial charge in [0.2, 0.25) is 0 Å². The molecule has 0 radical (unpaired) electrons. The van der Waals surface area contributed by atoms with Crippen molar-refractivity contribution in [3.05, 3.63) is 70.8 Å². The molecule has 2 aromatic rings.